The SMILES string of the molecule is NC(CNC(=O)C1CSCN1C(=O)c1ccc(Cl)cc1)c1ccccc1. The van der Waals surface area contributed by atoms with Crippen LogP contribution in [0, 0.1) is 0 Å². The molecule has 2 atom stereocenters. The van der Waals surface area contributed by atoms with Crippen LogP contribution in [0.1, 0.15) is 22.0 Å². The predicted molar refractivity (Wildman–Crippen MR) is 105 cm³/mol. The molecule has 2 aromatic carbocycles. The number of hydrogen-bond acceptors (Lipinski definition) is 4. The molecule has 136 valence electrons. The largest absolute Gasteiger partial charge is 0.352 e. The Morgan fingerprint density at radius 1 is 1.19 bits per heavy atom. The third kappa shape index (κ3) is 4.38. The number of halogens is 1. The Hall–Kier alpha value is -2.02. The molecule has 3 rings (SSSR count). The first kappa shape index (κ1) is 18.8. The number of hydrogen-bond donors (Lipinski definition) is 2. The van der Waals surface area contributed by atoms with Crippen LogP contribution in [-0.2, 0) is 4.79 Å². The van der Waals surface area contributed by atoms with E-state index in [-0.39, 0.29) is 17.9 Å². The van der Waals surface area contributed by atoms with Gasteiger partial charge >= 0.3 is 0 Å². The minimum Gasteiger partial charge on any atom is -0.352 e. The second kappa shape index (κ2) is 8.58. The molecule has 0 saturated carbocycles. The number of carbonyl (C=O) groups is 2. The van der Waals surface area contributed by atoms with Gasteiger partial charge in [0.2, 0.25) is 5.91 Å². The number of thioether (sulfide) groups is 1. The van der Waals surface area contributed by atoms with E-state index in [1.165, 1.54) is 0 Å². The smallest absolute Gasteiger partial charge is 0.255 e. The molecule has 2 amide bonds. The van der Waals surface area contributed by atoms with Crippen molar-refractivity contribution in [2.24, 2.45) is 5.73 Å². The molecule has 0 aliphatic carbocycles. The Bertz CT molecular complexity index is 770. The number of rotatable bonds is 5. The van der Waals surface area contributed by atoms with Crippen LogP contribution >= 0.6 is 23.4 Å². The van der Waals surface area contributed by atoms with Crippen LogP contribution in [0.15, 0.2) is 54.6 Å². The summed E-state index contributed by atoms with van der Waals surface area (Å²) in [5, 5.41) is 3.45. The fourth-order valence-electron chi connectivity index (χ4n) is 2.76. The van der Waals surface area contributed by atoms with E-state index in [9.17, 15) is 9.59 Å². The second-order valence-electron chi connectivity index (χ2n) is 6.06. The summed E-state index contributed by atoms with van der Waals surface area (Å²) < 4.78 is 0. The normalized spacial score (nSPS) is 17.8. The van der Waals surface area contributed by atoms with E-state index in [0.29, 0.717) is 28.8 Å². The van der Waals surface area contributed by atoms with E-state index < -0.39 is 6.04 Å². The van der Waals surface area contributed by atoms with Crippen molar-refractivity contribution in [2.75, 3.05) is 18.2 Å². The lowest BCUT2D eigenvalue weighted by Gasteiger charge is -2.24. The van der Waals surface area contributed by atoms with Crippen molar-refractivity contribution in [1.29, 1.82) is 0 Å². The summed E-state index contributed by atoms with van der Waals surface area (Å²) in [6.07, 6.45) is 0. The highest BCUT2D eigenvalue weighted by Crippen LogP contribution is 2.24. The van der Waals surface area contributed by atoms with Gasteiger partial charge in [0.15, 0.2) is 0 Å². The Morgan fingerprint density at radius 2 is 1.88 bits per heavy atom. The van der Waals surface area contributed by atoms with Crippen LogP contribution in [0.5, 0.6) is 0 Å². The molecule has 7 heteroatoms. The molecule has 3 N–H and O–H groups in total. The maximum atomic E-state index is 12.7. The average Bonchev–Trinajstić information content (AvgIpc) is 3.16. The zero-order valence-corrected chi connectivity index (χ0v) is 15.7. The van der Waals surface area contributed by atoms with Gasteiger partial charge in [-0.3, -0.25) is 9.59 Å². The summed E-state index contributed by atoms with van der Waals surface area (Å²) in [4.78, 5) is 26.9. The maximum Gasteiger partial charge on any atom is 0.255 e. The molecule has 1 aliphatic heterocycles. The molecule has 2 unspecified atom stereocenters. The van der Waals surface area contributed by atoms with Gasteiger partial charge in [0.1, 0.15) is 6.04 Å². The number of benzene rings is 2. The first-order valence-corrected chi connectivity index (χ1v) is 9.82. The molecule has 0 radical (unpaired) electrons. The molecule has 26 heavy (non-hydrogen) atoms. The molecule has 0 aromatic heterocycles. The van der Waals surface area contributed by atoms with Crippen LogP contribution in [-0.4, -0.2) is 40.9 Å². The van der Waals surface area contributed by atoms with Crippen molar-refractivity contribution in [1.82, 2.24) is 10.2 Å². The third-order valence-corrected chi connectivity index (χ3v) is 5.53. The molecule has 2 aromatic rings. The summed E-state index contributed by atoms with van der Waals surface area (Å²) in [5.74, 6) is 0.721. The Kier molecular flexibility index (Phi) is 6.19. The van der Waals surface area contributed by atoms with Gasteiger partial charge in [0, 0.05) is 28.9 Å². The van der Waals surface area contributed by atoms with E-state index >= 15 is 0 Å². The summed E-state index contributed by atoms with van der Waals surface area (Å²) in [6, 6.07) is 15.5. The van der Waals surface area contributed by atoms with Gasteiger partial charge in [-0.15, -0.1) is 11.8 Å². The maximum absolute atomic E-state index is 12.7. The van der Waals surface area contributed by atoms with Gasteiger partial charge in [0.05, 0.1) is 5.88 Å². The van der Waals surface area contributed by atoms with Crippen LogP contribution in [0.2, 0.25) is 5.02 Å². The summed E-state index contributed by atoms with van der Waals surface area (Å²) in [7, 11) is 0. The first-order chi connectivity index (χ1) is 12.6. The van der Waals surface area contributed by atoms with Crippen LogP contribution in [0.4, 0.5) is 0 Å². The number of nitrogens with two attached hydrogens (primary N) is 1. The lowest BCUT2D eigenvalue weighted by molar-refractivity contribution is -0.124. The van der Waals surface area contributed by atoms with Gasteiger partial charge in [-0.2, -0.15) is 0 Å². The third-order valence-electron chi connectivity index (χ3n) is 4.26. The monoisotopic (exact) mass is 389 g/mol. The molecular weight excluding hydrogens is 370 g/mol. The summed E-state index contributed by atoms with van der Waals surface area (Å²) in [6.45, 7) is 0.326. The zero-order valence-electron chi connectivity index (χ0n) is 14.1. The molecule has 0 spiro atoms. The fourth-order valence-corrected chi connectivity index (χ4v) is 4.04. The van der Waals surface area contributed by atoms with Crippen molar-refractivity contribution < 1.29 is 9.59 Å². The molecule has 1 heterocycles. The van der Waals surface area contributed by atoms with E-state index in [1.807, 2.05) is 30.3 Å². The second-order valence-corrected chi connectivity index (χ2v) is 7.50. The predicted octanol–water partition coefficient (Wildman–Crippen LogP) is 2.67. The highest BCUT2D eigenvalue weighted by molar-refractivity contribution is 7.99. The highest BCUT2D eigenvalue weighted by atomic mass is 35.5. The van der Waals surface area contributed by atoms with E-state index in [1.54, 1.807) is 40.9 Å². The molecule has 5 nitrogen and oxygen atoms in total. The lowest BCUT2D eigenvalue weighted by Crippen LogP contribution is -2.48. The number of amides is 2. The minimum absolute atomic E-state index is 0.167. The number of carbonyl (C=O) groups excluding carboxylic acids is 2. The van der Waals surface area contributed by atoms with Crippen molar-refractivity contribution in [3.63, 3.8) is 0 Å². The Morgan fingerprint density at radius 3 is 2.58 bits per heavy atom. The topological polar surface area (TPSA) is 75.4 Å². The summed E-state index contributed by atoms with van der Waals surface area (Å²) in [5.41, 5.74) is 7.61. The van der Waals surface area contributed by atoms with Crippen molar-refractivity contribution in [2.45, 2.75) is 12.1 Å². The van der Waals surface area contributed by atoms with Crippen molar-refractivity contribution >= 4 is 35.2 Å². The van der Waals surface area contributed by atoms with Crippen molar-refractivity contribution in [3.8, 4) is 0 Å². The van der Waals surface area contributed by atoms with E-state index in [2.05, 4.69) is 5.32 Å². The van der Waals surface area contributed by atoms with Crippen LogP contribution < -0.4 is 11.1 Å². The van der Waals surface area contributed by atoms with Crippen LogP contribution in [0.3, 0.4) is 0 Å². The van der Waals surface area contributed by atoms with Gasteiger partial charge in [-0.1, -0.05) is 41.9 Å². The highest BCUT2D eigenvalue weighted by Gasteiger charge is 2.35. The zero-order chi connectivity index (χ0) is 18.5. The molecule has 1 fully saturated rings. The van der Waals surface area contributed by atoms with Crippen molar-refractivity contribution in [3.05, 3.63) is 70.7 Å². The van der Waals surface area contributed by atoms with Crippen LogP contribution in [0.25, 0.3) is 0 Å². The van der Waals surface area contributed by atoms with E-state index in [4.69, 9.17) is 17.3 Å². The average molecular weight is 390 g/mol. The minimum atomic E-state index is -0.494. The van der Waals surface area contributed by atoms with Gasteiger partial charge in [-0.25, -0.2) is 0 Å². The molecule has 1 saturated heterocycles. The van der Waals surface area contributed by atoms with Gasteiger partial charge in [-0.05, 0) is 29.8 Å². The molecule has 0 bridgehead atoms. The molecule has 1 aliphatic rings. The summed E-state index contributed by atoms with van der Waals surface area (Å²) >= 11 is 7.43. The Labute approximate surface area is 161 Å². The van der Waals surface area contributed by atoms with Gasteiger partial charge < -0.3 is 16.0 Å². The number of nitrogens with zero attached hydrogens (tertiary/aromatic N) is 1. The molecular formula is C19H20ClN3O2S. The van der Waals surface area contributed by atoms with Gasteiger partial charge in [0.25, 0.3) is 5.91 Å². The Balaban J connectivity index is 1.61. The lowest BCUT2D eigenvalue weighted by atomic mass is 10.1. The quantitative estimate of drug-likeness (QED) is 0.824. The first-order valence-electron chi connectivity index (χ1n) is 8.29. The number of nitrogens with one attached hydrogen (secondary N) is 1. The fraction of sp³-hybridized carbons (Fsp3) is 0.263. The standard InChI is InChI=1S/C19H20ClN3O2S/c20-15-8-6-14(7-9-15)19(25)23-12-26-11-17(23)18(24)22-10-16(21)13-4-2-1-3-5-13/h1-9,16-17H,10-12,21H2,(H,22,24). The van der Waals surface area contributed by atoms with E-state index in [0.717, 1.165) is 5.56 Å².